The van der Waals surface area contributed by atoms with Crippen LogP contribution in [0.25, 0.3) is 10.9 Å². The fourth-order valence-electron chi connectivity index (χ4n) is 1.65. The van der Waals surface area contributed by atoms with Gasteiger partial charge in [0.15, 0.2) is 6.29 Å². The third-order valence-corrected chi connectivity index (χ3v) is 2.60. The van der Waals surface area contributed by atoms with E-state index in [-0.39, 0.29) is 0 Å². The Morgan fingerprint density at radius 3 is 2.61 bits per heavy atom. The Labute approximate surface area is 109 Å². The van der Waals surface area contributed by atoms with Crippen LogP contribution in [-0.4, -0.2) is 11.3 Å². The van der Waals surface area contributed by atoms with Crippen molar-refractivity contribution >= 4 is 17.2 Å². The van der Waals surface area contributed by atoms with Gasteiger partial charge in [0.1, 0.15) is 0 Å². The molecule has 1 N–H and O–H groups in total. The molecule has 0 aliphatic rings. The highest BCUT2D eigenvalue weighted by molar-refractivity contribution is 5.96. The molecule has 0 fully saturated rings. The molecule has 1 heterocycles. The second-order valence-electron chi connectivity index (χ2n) is 4.47. The number of aldehydes is 1. The van der Waals surface area contributed by atoms with E-state index in [2.05, 4.69) is 31.8 Å². The molecule has 0 spiro atoms. The van der Waals surface area contributed by atoms with Crippen LogP contribution in [0.2, 0.25) is 0 Å². The lowest BCUT2D eigenvalue weighted by Gasteiger charge is -1.91. The fourth-order valence-corrected chi connectivity index (χ4v) is 1.65. The SMILES string of the molecule is CCCC=C(C)C.O=Cc1cccc2[nH]ccc12. The van der Waals surface area contributed by atoms with Crippen LogP contribution in [0.4, 0.5) is 0 Å². The summed E-state index contributed by atoms with van der Waals surface area (Å²) in [6.45, 7) is 6.46. The molecule has 0 radical (unpaired) electrons. The number of aromatic amines is 1. The number of allylic oxidation sites excluding steroid dienone is 2. The van der Waals surface area contributed by atoms with Gasteiger partial charge in [-0.3, -0.25) is 4.79 Å². The number of rotatable bonds is 3. The Morgan fingerprint density at radius 2 is 2.06 bits per heavy atom. The highest BCUT2D eigenvalue weighted by Gasteiger charge is 1.97. The molecule has 96 valence electrons. The fraction of sp³-hybridized carbons (Fsp3) is 0.312. The average Bonchev–Trinajstić information content (AvgIpc) is 2.85. The van der Waals surface area contributed by atoms with Crippen LogP contribution in [0.5, 0.6) is 0 Å². The predicted molar refractivity (Wildman–Crippen MR) is 78.0 cm³/mol. The first-order valence-corrected chi connectivity index (χ1v) is 6.33. The largest absolute Gasteiger partial charge is 0.361 e. The molecular weight excluding hydrogens is 222 g/mol. The zero-order chi connectivity index (χ0) is 13.4. The minimum atomic E-state index is 0.740. The van der Waals surface area contributed by atoms with Crippen LogP contribution >= 0.6 is 0 Å². The zero-order valence-corrected chi connectivity index (χ0v) is 11.4. The molecule has 0 saturated carbocycles. The minimum absolute atomic E-state index is 0.740. The van der Waals surface area contributed by atoms with Crippen molar-refractivity contribution in [3.8, 4) is 0 Å². The molecule has 0 aliphatic carbocycles. The Kier molecular flexibility index (Phi) is 5.92. The van der Waals surface area contributed by atoms with Crippen LogP contribution in [0.15, 0.2) is 42.1 Å². The first-order chi connectivity index (χ1) is 8.69. The molecule has 2 aromatic rings. The maximum Gasteiger partial charge on any atom is 0.150 e. The maximum atomic E-state index is 10.5. The highest BCUT2D eigenvalue weighted by Crippen LogP contribution is 2.14. The summed E-state index contributed by atoms with van der Waals surface area (Å²) in [5, 5.41) is 0.988. The molecular formula is C16H21NO. The van der Waals surface area contributed by atoms with Crippen LogP contribution in [0.3, 0.4) is 0 Å². The Bertz CT molecular complexity index is 519. The smallest absolute Gasteiger partial charge is 0.150 e. The lowest BCUT2D eigenvalue weighted by atomic mass is 10.1. The van der Waals surface area contributed by atoms with Crippen molar-refractivity contribution in [3.63, 3.8) is 0 Å². The molecule has 0 aliphatic heterocycles. The number of unbranched alkanes of at least 4 members (excludes halogenated alkanes) is 1. The molecule has 0 amide bonds. The van der Waals surface area contributed by atoms with Crippen LogP contribution in [0.1, 0.15) is 44.0 Å². The summed E-state index contributed by atoms with van der Waals surface area (Å²) in [5.74, 6) is 0. The molecule has 0 saturated heterocycles. The van der Waals surface area contributed by atoms with Crippen LogP contribution in [0, 0.1) is 0 Å². The monoisotopic (exact) mass is 243 g/mol. The van der Waals surface area contributed by atoms with E-state index in [1.165, 1.54) is 18.4 Å². The predicted octanol–water partition coefficient (Wildman–Crippen LogP) is 4.73. The van der Waals surface area contributed by atoms with E-state index in [0.29, 0.717) is 0 Å². The molecule has 0 atom stereocenters. The minimum Gasteiger partial charge on any atom is -0.361 e. The summed E-state index contributed by atoms with van der Waals surface area (Å²) in [6.07, 6.45) is 7.47. The van der Waals surface area contributed by atoms with Crippen molar-refractivity contribution in [2.45, 2.75) is 33.6 Å². The molecule has 1 aromatic carbocycles. The topological polar surface area (TPSA) is 32.9 Å². The standard InChI is InChI=1S/C9H7NO.C7H14/c11-6-7-2-1-3-9-8(7)4-5-10-9;1-4-5-6-7(2)3/h1-6,10H;6H,4-5H2,1-3H3. The molecule has 1 aromatic heterocycles. The van der Waals surface area contributed by atoms with Crippen molar-refractivity contribution < 1.29 is 4.79 Å². The van der Waals surface area contributed by atoms with Crippen molar-refractivity contribution in [2.24, 2.45) is 0 Å². The van der Waals surface area contributed by atoms with Gasteiger partial charge in [0.2, 0.25) is 0 Å². The number of aromatic nitrogens is 1. The Morgan fingerprint density at radius 1 is 1.28 bits per heavy atom. The quantitative estimate of drug-likeness (QED) is 0.613. The van der Waals surface area contributed by atoms with Gasteiger partial charge in [-0.2, -0.15) is 0 Å². The van der Waals surface area contributed by atoms with Gasteiger partial charge in [-0.25, -0.2) is 0 Å². The lowest BCUT2D eigenvalue weighted by Crippen LogP contribution is -1.78. The summed E-state index contributed by atoms with van der Waals surface area (Å²) >= 11 is 0. The summed E-state index contributed by atoms with van der Waals surface area (Å²) in [6, 6.07) is 7.52. The first-order valence-electron chi connectivity index (χ1n) is 6.33. The van der Waals surface area contributed by atoms with Crippen LogP contribution in [-0.2, 0) is 0 Å². The van der Waals surface area contributed by atoms with E-state index in [9.17, 15) is 4.79 Å². The van der Waals surface area contributed by atoms with Gasteiger partial charge in [0.05, 0.1) is 0 Å². The molecule has 18 heavy (non-hydrogen) atoms. The van der Waals surface area contributed by atoms with Crippen molar-refractivity contribution in [1.82, 2.24) is 4.98 Å². The number of carbonyl (C=O) groups excluding carboxylic acids is 1. The Balaban J connectivity index is 0.000000203. The van der Waals surface area contributed by atoms with Gasteiger partial charge in [0, 0.05) is 22.7 Å². The first kappa shape index (κ1) is 14.2. The highest BCUT2D eigenvalue weighted by atomic mass is 16.1. The maximum absolute atomic E-state index is 10.5. The number of benzene rings is 1. The lowest BCUT2D eigenvalue weighted by molar-refractivity contribution is 0.112. The van der Waals surface area contributed by atoms with Crippen molar-refractivity contribution in [1.29, 1.82) is 0 Å². The number of H-pyrrole nitrogens is 1. The van der Waals surface area contributed by atoms with Gasteiger partial charge < -0.3 is 4.98 Å². The van der Waals surface area contributed by atoms with Gasteiger partial charge in [0.25, 0.3) is 0 Å². The van der Waals surface area contributed by atoms with Gasteiger partial charge in [-0.1, -0.05) is 37.1 Å². The number of hydrogen-bond donors (Lipinski definition) is 1. The molecule has 2 rings (SSSR count). The number of fused-ring (bicyclic) bond motifs is 1. The van der Waals surface area contributed by atoms with E-state index in [4.69, 9.17) is 0 Å². The van der Waals surface area contributed by atoms with E-state index in [0.717, 1.165) is 22.8 Å². The normalized spacial score (nSPS) is 9.50. The summed E-state index contributed by atoms with van der Waals surface area (Å²) in [5.41, 5.74) is 3.18. The van der Waals surface area contributed by atoms with E-state index >= 15 is 0 Å². The van der Waals surface area contributed by atoms with Crippen molar-refractivity contribution in [3.05, 3.63) is 47.7 Å². The van der Waals surface area contributed by atoms with Crippen LogP contribution < -0.4 is 0 Å². The van der Waals surface area contributed by atoms with E-state index in [1.807, 2.05) is 30.5 Å². The summed E-state index contributed by atoms with van der Waals surface area (Å²) < 4.78 is 0. The van der Waals surface area contributed by atoms with Gasteiger partial charge in [-0.05, 0) is 32.4 Å². The molecule has 0 unspecified atom stereocenters. The molecule has 2 nitrogen and oxygen atoms in total. The number of hydrogen-bond acceptors (Lipinski definition) is 1. The summed E-state index contributed by atoms with van der Waals surface area (Å²) in [4.78, 5) is 13.5. The van der Waals surface area contributed by atoms with E-state index in [1.54, 1.807) is 0 Å². The second-order valence-corrected chi connectivity index (χ2v) is 4.47. The second kappa shape index (κ2) is 7.49. The zero-order valence-electron chi connectivity index (χ0n) is 11.4. The summed E-state index contributed by atoms with van der Waals surface area (Å²) in [7, 11) is 0. The third kappa shape index (κ3) is 4.21. The third-order valence-electron chi connectivity index (χ3n) is 2.60. The van der Waals surface area contributed by atoms with Crippen molar-refractivity contribution in [2.75, 3.05) is 0 Å². The van der Waals surface area contributed by atoms with Gasteiger partial charge >= 0.3 is 0 Å². The van der Waals surface area contributed by atoms with E-state index < -0.39 is 0 Å². The number of nitrogens with one attached hydrogen (secondary N) is 1. The Hall–Kier alpha value is -1.83. The number of carbonyl (C=O) groups is 1. The average molecular weight is 243 g/mol. The van der Waals surface area contributed by atoms with Gasteiger partial charge in [-0.15, -0.1) is 0 Å². The molecule has 2 heteroatoms. The molecule has 0 bridgehead atoms.